The Kier molecular flexibility index (Phi) is 5.48. The van der Waals surface area contributed by atoms with Gasteiger partial charge in [-0.15, -0.1) is 0 Å². The summed E-state index contributed by atoms with van der Waals surface area (Å²) in [6.07, 6.45) is 0.743. The minimum Gasteiger partial charge on any atom is -0.370 e. The average molecular weight is 382 g/mol. The Labute approximate surface area is 147 Å². The minimum atomic E-state index is -4.22. The molecule has 0 heterocycles. The lowest BCUT2D eigenvalue weighted by Gasteiger charge is -2.25. The zero-order chi connectivity index (χ0) is 18.7. The molecular weight excluding hydrogens is 364 g/mol. The number of carbonyl (C=O) groups excluding carboxylic acids is 1. The van der Waals surface area contributed by atoms with Crippen LogP contribution in [0.4, 0.5) is 5.69 Å². The van der Waals surface area contributed by atoms with Crippen molar-refractivity contribution >= 4 is 31.5 Å². The number of para-hydroxylation sites is 1. The summed E-state index contributed by atoms with van der Waals surface area (Å²) >= 11 is 0. The first kappa shape index (κ1) is 18.9. The number of primary amides is 1. The van der Waals surface area contributed by atoms with Crippen LogP contribution in [0.25, 0.3) is 0 Å². The summed E-state index contributed by atoms with van der Waals surface area (Å²) in [6.45, 7) is -0.195. The molecule has 0 aliphatic rings. The fourth-order valence-corrected chi connectivity index (χ4v) is 5.35. The molecule has 0 bridgehead atoms. The Balaban J connectivity index is 2.62. The molecule has 0 unspecified atom stereocenters. The first-order valence-electron chi connectivity index (χ1n) is 7.29. The third-order valence-corrected chi connectivity index (χ3v) is 6.59. The first-order valence-corrected chi connectivity index (χ1v) is 10.6. The molecule has 2 rings (SSSR count). The number of hydrogen-bond acceptors (Lipinski definition) is 5. The molecule has 9 heteroatoms. The van der Waals surface area contributed by atoms with Gasteiger partial charge in [0.25, 0.3) is 10.0 Å². The predicted octanol–water partition coefficient (Wildman–Crippen LogP) is 1.16. The third kappa shape index (κ3) is 4.37. The Bertz CT molecular complexity index is 971. The van der Waals surface area contributed by atoms with Gasteiger partial charge in [0.05, 0.1) is 10.6 Å². The maximum atomic E-state index is 13.1. The van der Waals surface area contributed by atoms with Gasteiger partial charge < -0.3 is 5.73 Å². The van der Waals surface area contributed by atoms with E-state index in [1.807, 2.05) is 0 Å². The summed E-state index contributed by atoms with van der Waals surface area (Å²) in [5.74, 6) is -0.660. The third-order valence-electron chi connectivity index (χ3n) is 3.42. The van der Waals surface area contributed by atoms with Gasteiger partial charge in [0.1, 0.15) is 4.90 Å². The van der Waals surface area contributed by atoms with E-state index >= 15 is 0 Å². The van der Waals surface area contributed by atoms with Crippen molar-refractivity contribution in [3.8, 4) is 0 Å². The highest BCUT2D eigenvalue weighted by Gasteiger charge is 2.30. The number of sulfonamides is 1. The molecular formula is C16H18N2O5S2. The Morgan fingerprint density at radius 2 is 1.44 bits per heavy atom. The van der Waals surface area contributed by atoms with Crippen LogP contribution in [0.2, 0.25) is 0 Å². The van der Waals surface area contributed by atoms with Crippen LogP contribution in [-0.4, -0.2) is 35.5 Å². The number of hydrogen-bond donors (Lipinski definition) is 1. The van der Waals surface area contributed by atoms with Gasteiger partial charge in [-0.25, -0.2) is 16.8 Å². The lowest BCUT2D eigenvalue weighted by atomic mass is 10.3. The van der Waals surface area contributed by atoms with Crippen molar-refractivity contribution in [3.05, 3.63) is 54.6 Å². The van der Waals surface area contributed by atoms with Gasteiger partial charge in [0, 0.05) is 19.2 Å². The average Bonchev–Trinajstić information content (AvgIpc) is 2.55. The van der Waals surface area contributed by atoms with Gasteiger partial charge in [-0.1, -0.05) is 30.3 Å². The van der Waals surface area contributed by atoms with Crippen LogP contribution >= 0.6 is 0 Å². The van der Waals surface area contributed by atoms with Gasteiger partial charge in [-0.05, 0) is 24.3 Å². The quantitative estimate of drug-likeness (QED) is 0.772. The van der Waals surface area contributed by atoms with Crippen molar-refractivity contribution in [2.75, 3.05) is 17.1 Å². The standard InChI is InChI=1S/C16H18N2O5S2/c1-24(20,21)14-9-5-6-10-15(14)25(22,23)18(12-11-16(17)19)13-7-3-2-4-8-13/h2-10H,11-12H2,1H3,(H2,17,19). The zero-order valence-corrected chi connectivity index (χ0v) is 15.1. The van der Waals surface area contributed by atoms with Gasteiger partial charge in [0.15, 0.2) is 9.84 Å². The number of nitrogens with two attached hydrogens (primary N) is 1. The van der Waals surface area contributed by atoms with Crippen molar-refractivity contribution in [2.24, 2.45) is 5.73 Å². The summed E-state index contributed by atoms with van der Waals surface area (Å²) in [6, 6.07) is 13.5. The summed E-state index contributed by atoms with van der Waals surface area (Å²) in [4.78, 5) is 10.5. The Morgan fingerprint density at radius 1 is 0.920 bits per heavy atom. The van der Waals surface area contributed by atoms with Crippen LogP contribution in [0.1, 0.15) is 6.42 Å². The monoisotopic (exact) mass is 382 g/mol. The summed E-state index contributed by atoms with van der Waals surface area (Å²) in [5.41, 5.74) is 5.46. The van der Waals surface area contributed by atoms with Crippen molar-refractivity contribution in [1.82, 2.24) is 0 Å². The smallest absolute Gasteiger partial charge is 0.265 e. The molecule has 0 radical (unpaired) electrons. The van der Waals surface area contributed by atoms with Crippen LogP contribution < -0.4 is 10.0 Å². The van der Waals surface area contributed by atoms with Crippen molar-refractivity contribution in [1.29, 1.82) is 0 Å². The molecule has 134 valence electrons. The summed E-state index contributed by atoms with van der Waals surface area (Å²) < 4.78 is 51.2. The normalized spacial score (nSPS) is 11.9. The second-order valence-corrected chi connectivity index (χ2v) is 9.16. The molecule has 1 amide bonds. The zero-order valence-electron chi connectivity index (χ0n) is 13.5. The number of rotatable bonds is 7. The minimum absolute atomic E-state index is 0.195. The maximum absolute atomic E-state index is 13.1. The van der Waals surface area contributed by atoms with Crippen LogP contribution in [0.5, 0.6) is 0 Å². The lowest BCUT2D eigenvalue weighted by Crippen LogP contribution is -2.34. The Morgan fingerprint density at radius 3 is 1.96 bits per heavy atom. The van der Waals surface area contributed by atoms with Crippen LogP contribution in [0.15, 0.2) is 64.4 Å². The SMILES string of the molecule is CS(=O)(=O)c1ccccc1S(=O)(=O)N(CCC(N)=O)c1ccccc1. The van der Waals surface area contributed by atoms with E-state index < -0.39 is 25.8 Å². The van der Waals surface area contributed by atoms with Gasteiger partial charge in [-0.3, -0.25) is 9.10 Å². The van der Waals surface area contributed by atoms with E-state index in [1.165, 1.54) is 24.3 Å². The van der Waals surface area contributed by atoms with E-state index in [-0.39, 0.29) is 22.8 Å². The van der Waals surface area contributed by atoms with E-state index in [1.54, 1.807) is 30.3 Å². The van der Waals surface area contributed by atoms with E-state index in [0.29, 0.717) is 5.69 Å². The number of benzene rings is 2. The second-order valence-electron chi connectivity index (χ2n) is 5.35. The summed E-state index contributed by atoms with van der Waals surface area (Å²) in [5, 5.41) is 0. The molecule has 2 aromatic carbocycles. The molecule has 2 aromatic rings. The molecule has 0 saturated carbocycles. The van der Waals surface area contributed by atoms with Gasteiger partial charge in [-0.2, -0.15) is 0 Å². The number of carbonyl (C=O) groups is 1. The second kappa shape index (κ2) is 7.24. The largest absolute Gasteiger partial charge is 0.370 e. The van der Waals surface area contributed by atoms with Gasteiger partial charge >= 0.3 is 0 Å². The van der Waals surface area contributed by atoms with Crippen LogP contribution in [0, 0.1) is 0 Å². The molecule has 7 nitrogen and oxygen atoms in total. The molecule has 0 aliphatic heterocycles. The van der Waals surface area contributed by atoms with Crippen molar-refractivity contribution in [3.63, 3.8) is 0 Å². The molecule has 0 saturated heterocycles. The van der Waals surface area contributed by atoms with Crippen molar-refractivity contribution < 1.29 is 21.6 Å². The van der Waals surface area contributed by atoms with Crippen molar-refractivity contribution in [2.45, 2.75) is 16.2 Å². The van der Waals surface area contributed by atoms with E-state index in [9.17, 15) is 21.6 Å². The Hall–Kier alpha value is -2.39. The van der Waals surface area contributed by atoms with E-state index in [0.717, 1.165) is 10.6 Å². The number of anilines is 1. The highest BCUT2D eigenvalue weighted by molar-refractivity contribution is 7.95. The topological polar surface area (TPSA) is 115 Å². The number of sulfone groups is 1. The maximum Gasteiger partial charge on any atom is 0.265 e. The lowest BCUT2D eigenvalue weighted by molar-refractivity contribution is -0.117. The van der Waals surface area contributed by atoms with Gasteiger partial charge in [0.2, 0.25) is 5.91 Å². The molecule has 0 aromatic heterocycles. The summed E-state index contributed by atoms with van der Waals surface area (Å²) in [7, 11) is -7.98. The predicted molar refractivity (Wildman–Crippen MR) is 94.3 cm³/mol. The van der Waals surface area contributed by atoms with E-state index in [2.05, 4.69) is 0 Å². The number of amides is 1. The molecule has 0 aliphatic carbocycles. The molecule has 2 N–H and O–H groups in total. The molecule has 0 atom stereocenters. The molecule has 0 spiro atoms. The first-order chi connectivity index (χ1) is 11.6. The fourth-order valence-electron chi connectivity index (χ4n) is 2.28. The fraction of sp³-hybridized carbons (Fsp3) is 0.188. The highest BCUT2D eigenvalue weighted by Crippen LogP contribution is 2.28. The van der Waals surface area contributed by atoms with E-state index in [4.69, 9.17) is 5.73 Å². The molecule has 25 heavy (non-hydrogen) atoms. The molecule has 0 fully saturated rings. The number of nitrogens with zero attached hydrogens (tertiary/aromatic N) is 1. The van der Waals surface area contributed by atoms with Crippen LogP contribution in [-0.2, 0) is 24.7 Å². The van der Waals surface area contributed by atoms with Crippen LogP contribution in [0.3, 0.4) is 0 Å². The highest BCUT2D eigenvalue weighted by atomic mass is 32.2.